The van der Waals surface area contributed by atoms with Gasteiger partial charge in [-0.25, -0.2) is 4.79 Å². The highest BCUT2D eigenvalue weighted by atomic mass is 35.5. The number of benzene rings is 1. The molecule has 0 aliphatic carbocycles. The Labute approximate surface area is 131 Å². The predicted molar refractivity (Wildman–Crippen MR) is 86.7 cm³/mol. The van der Waals surface area contributed by atoms with E-state index in [4.69, 9.17) is 23.2 Å². The van der Waals surface area contributed by atoms with E-state index in [2.05, 4.69) is 33.0 Å². The standard InChI is InChI=1S/C15H22Cl2N2O/c1-10(2)8-19(9-11(3)4)15(20)18-14-12(16)6-5-7-13(14)17/h5-7,10-11H,8-9H2,1-4H3,(H,18,20). The van der Waals surface area contributed by atoms with Gasteiger partial charge in [0.15, 0.2) is 0 Å². The van der Waals surface area contributed by atoms with Crippen molar-refractivity contribution in [2.24, 2.45) is 11.8 Å². The molecule has 0 aromatic heterocycles. The monoisotopic (exact) mass is 316 g/mol. The van der Waals surface area contributed by atoms with Crippen LogP contribution in [-0.2, 0) is 0 Å². The zero-order valence-electron chi connectivity index (χ0n) is 12.4. The van der Waals surface area contributed by atoms with E-state index < -0.39 is 0 Å². The highest BCUT2D eigenvalue weighted by Crippen LogP contribution is 2.30. The second-order valence-corrected chi connectivity index (χ2v) is 6.53. The van der Waals surface area contributed by atoms with Gasteiger partial charge in [0.05, 0.1) is 15.7 Å². The van der Waals surface area contributed by atoms with Gasteiger partial charge in [-0.1, -0.05) is 57.0 Å². The number of nitrogens with one attached hydrogen (secondary N) is 1. The molecule has 1 rings (SSSR count). The Kier molecular flexibility index (Phi) is 6.63. The fourth-order valence-electron chi connectivity index (χ4n) is 1.93. The Morgan fingerprint density at radius 1 is 1.10 bits per heavy atom. The molecule has 0 atom stereocenters. The Morgan fingerprint density at radius 2 is 1.55 bits per heavy atom. The van der Waals surface area contributed by atoms with E-state index in [-0.39, 0.29) is 6.03 Å². The molecule has 1 N–H and O–H groups in total. The van der Waals surface area contributed by atoms with Crippen molar-refractivity contribution in [2.45, 2.75) is 27.7 Å². The van der Waals surface area contributed by atoms with Crippen LogP contribution < -0.4 is 5.32 Å². The lowest BCUT2D eigenvalue weighted by Crippen LogP contribution is -2.40. The number of halogens is 2. The molecule has 112 valence electrons. The van der Waals surface area contributed by atoms with Crippen LogP contribution in [0.15, 0.2) is 18.2 Å². The van der Waals surface area contributed by atoms with Crippen LogP contribution in [0.2, 0.25) is 10.0 Å². The zero-order chi connectivity index (χ0) is 15.3. The van der Waals surface area contributed by atoms with E-state index in [1.54, 1.807) is 23.1 Å². The number of hydrogen-bond donors (Lipinski definition) is 1. The topological polar surface area (TPSA) is 32.3 Å². The number of hydrogen-bond acceptors (Lipinski definition) is 1. The molecule has 20 heavy (non-hydrogen) atoms. The highest BCUT2D eigenvalue weighted by Gasteiger charge is 2.18. The van der Waals surface area contributed by atoms with E-state index in [0.29, 0.717) is 40.7 Å². The van der Waals surface area contributed by atoms with Crippen molar-refractivity contribution in [1.82, 2.24) is 4.90 Å². The zero-order valence-corrected chi connectivity index (χ0v) is 13.9. The molecule has 0 aliphatic rings. The lowest BCUT2D eigenvalue weighted by atomic mass is 10.1. The number of urea groups is 1. The molecule has 0 saturated heterocycles. The average molecular weight is 317 g/mol. The van der Waals surface area contributed by atoms with Crippen molar-refractivity contribution in [3.63, 3.8) is 0 Å². The number of carbonyl (C=O) groups is 1. The molecule has 2 amide bonds. The summed E-state index contributed by atoms with van der Waals surface area (Å²) >= 11 is 12.1. The summed E-state index contributed by atoms with van der Waals surface area (Å²) in [6.07, 6.45) is 0. The van der Waals surface area contributed by atoms with Crippen molar-refractivity contribution < 1.29 is 4.79 Å². The molecule has 0 heterocycles. The Hall–Kier alpha value is -0.930. The van der Waals surface area contributed by atoms with Crippen LogP contribution in [0.25, 0.3) is 0 Å². The van der Waals surface area contributed by atoms with Crippen LogP contribution in [0.4, 0.5) is 10.5 Å². The lowest BCUT2D eigenvalue weighted by Gasteiger charge is -2.27. The first-order chi connectivity index (χ1) is 9.31. The molecular weight excluding hydrogens is 295 g/mol. The van der Waals surface area contributed by atoms with E-state index in [1.807, 2.05) is 0 Å². The molecule has 0 bridgehead atoms. The van der Waals surface area contributed by atoms with Crippen LogP contribution in [0.5, 0.6) is 0 Å². The minimum atomic E-state index is -0.164. The minimum absolute atomic E-state index is 0.164. The second-order valence-electron chi connectivity index (χ2n) is 5.72. The normalized spacial score (nSPS) is 11.0. The van der Waals surface area contributed by atoms with E-state index >= 15 is 0 Å². The summed E-state index contributed by atoms with van der Waals surface area (Å²) < 4.78 is 0. The fourth-order valence-corrected chi connectivity index (χ4v) is 2.42. The van der Waals surface area contributed by atoms with Gasteiger partial charge in [-0.15, -0.1) is 0 Å². The van der Waals surface area contributed by atoms with Gasteiger partial charge in [0.2, 0.25) is 0 Å². The number of anilines is 1. The van der Waals surface area contributed by atoms with Crippen molar-refractivity contribution in [1.29, 1.82) is 0 Å². The predicted octanol–water partition coefficient (Wildman–Crippen LogP) is 5.14. The first kappa shape index (κ1) is 17.1. The van der Waals surface area contributed by atoms with Gasteiger partial charge in [0.25, 0.3) is 0 Å². The van der Waals surface area contributed by atoms with Crippen LogP contribution in [0.3, 0.4) is 0 Å². The van der Waals surface area contributed by atoms with Gasteiger partial charge in [-0.05, 0) is 24.0 Å². The molecule has 0 unspecified atom stereocenters. The highest BCUT2D eigenvalue weighted by molar-refractivity contribution is 6.39. The first-order valence-corrected chi connectivity index (χ1v) is 7.56. The van der Waals surface area contributed by atoms with Crippen LogP contribution in [0.1, 0.15) is 27.7 Å². The van der Waals surface area contributed by atoms with Gasteiger partial charge < -0.3 is 10.2 Å². The number of para-hydroxylation sites is 1. The summed E-state index contributed by atoms with van der Waals surface area (Å²) in [6, 6.07) is 5.00. The smallest absolute Gasteiger partial charge is 0.321 e. The van der Waals surface area contributed by atoms with Crippen molar-refractivity contribution in [3.05, 3.63) is 28.2 Å². The molecule has 0 saturated carbocycles. The average Bonchev–Trinajstić information content (AvgIpc) is 2.31. The summed E-state index contributed by atoms with van der Waals surface area (Å²) in [6.45, 7) is 9.75. The summed E-state index contributed by atoms with van der Waals surface area (Å²) in [4.78, 5) is 14.2. The van der Waals surface area contributed by atoms with Crippen molar-refractivity contribution in [2.75, 3.05) is 18.4 Å². The quantitative estimate of drug-likeness (QED) is 0.801. The fraction of sp³-hybridized carbons (Fsp3) is 0.533. The third-order valence-electron chi connectivity index (χ3n) is 2.65. The number of rotatable bonds is 5. The lowest BCUT2D eigenvalue weighted by molar-refractivity contribution is 0.196. The maximum atomic E-state index is 12.4. The summed E-state index contributed by atoms with van der Waals surface area (Å²) in [5.74, 6) is 0.808. The molecule has 0 aliphatic heterocycles. The van der Waals surface area contributed by atoms with Gasteiger partial charge >= 0.3 is 6.03 Å². The number of nitrogens with zero attached hydrogens (tertiary/aromatic N) is 1. The summed E-state index contributed by atoms with van der Waals surface area (Å²) in [5, 5.41) is 3.70. The van der Waals surface area contributed by atoms with Crippen molar-refractivity contribution in [3.8, 4) is 0 Å². The Morgan fingerprint density at radius 3 is 1.95 bits per heavy atom. The molecule has 3 nitrogen and oxygen atoms in total. The molecule has 1 aromatic carbocycles. The van der Waals surface area contributed by atoms with Crippen molar-refractivity contribution >= 4 is 34.9 Å². The first-order valence-electron chi connectivity index (χ1n) is 6.81. The molecule has 1 aromatic rings. The summed E-state index contributed by atoms with van der Waals surface area (Å²) in [5.41, 5.74) is 0.471. The molecule has 0 fully saturated rings. The van der Waals surface area contributed by atoms with Crippen LogP contribution in [-0.4, -0.2) is 24.0 Å². The van der Waals surface area contributed by atoms with Gasteiger partial charge in [-0.2, -0.15) is 0 Å². The van der Waals surface area contributed by atoms with Crippen LogP contribution in [0, 0.1) is 11.8 Å². The maximum Gasteiger partial charge on any atom is 0.321 e. The number of amides is 2. The largest absolute Gasteiger partial charge is 0.324 e. The maximum absolute atomic E-state index is 12.4. The molecule has 0 radical (unpaired) electrons. The number of carbonyl (C=O) groups excluding carboxylic acids is 1. The molecule has 0 spiro atoms. The molecular formula is C15H22Cl2N2O. The Bertz CT molecular complexity index is 431. The van der Waals surface area contributed by atoms with E-state index in [1.165, 1.54) is 0 Å². The molecule has 5 heteroatoms. The second kappa shape index (κ2) is 7.75. The van der Waals surface area contributed by atoms with Gasteiger partial charge in [0.1, 0.15) is 0 Å². The third-order valence-corrected chi connectivity index (χ3v) is 3.28. The minimum Gasteiger partial charge on any atom is -0.324 e. The van der Waals surface area contributed by atoms with Gasteiger partial charge in [-0.3, -0.25) is 0 Å². The van der Waals surface area contributed by atoms with Gasteiger partial charge in [0, 0.05) is 13.1 Å². The SMILES string of the molecule is CC(C)CN(CC(C)C)C(=O)Nc1c(Cl)cccc1Cl. The van der Waals surface area contributed by atoms with E-state index in [9.17, 15) is 4.79 Å². The summed E-state index contributed by atoms with van der Waals surface area (Å²) in [7, 11) is 0. The van der Waals surface area contributed by atoms with Crippen LogP contribution >= 0.6 is 23.2 Å². The Balaban J connectivity index is 2.84. The van der Waals surface area contributed by atoms with E-state index in [0.717, 1.165) is 0 Å². The third kappa shape index (κ3) is 5.22.